The van der Waals surface area contributed by atoms with Crippen LogP contribution in [0.1, 0.15) is 60.7 Å². The molecule has 2 aliphatic rings. The Hall–Kier alpha value is -2.14. The molecule has 0 amide bonds. The highest BCUT2D eigenvalue weighted by Crippen LogP contribution is 2.31. The van der Waals surface area contributed by atoms with Gasteiger partial charge in [0.15, 0.2) is 0 Å². The van der Waals surface area contributed by atoms with Crippen LogP contribution in [-0.2, 0) is 19.5 Å². The van der Waals surface area contributed by atoms with Crippen molar-refractivity contribution in [1.82, 2.24) is 14.9 Å². The van der Waals surface area contributed by atoms with Crippen molar-refractivity contribution < 1.29 is 4.74 Å². The normalized spacial score (nSPS) is 18.5. The summed E-state index contributed by atoms with van der Waals surface area (Å²) in [6.45, 7) is 2.48. The third-order valence-electron chi connectivity index (χ3n) is 5.70. The summed E-state index contributed by atoms with van der Waals surface area (Å²) >= 11 is 0. The molecule has 0 unspecified atom stereocenters. The molecule has 1 saturated carbocycles. The fourth-order valence-electron chi connectivity index (χ4n) is 4.25. The largest absolute Gasteiger partial charge is 0.497 e. The molecule has 0 atom stereocenters. The lowest BCUT2D eigenvalue weighted by Gasteiger charge is -2.29. The molecule has 26 heavy (non-hydrogen) atoms. The van der Waals surface area contributed by atoms with Crippen LogP contribution < -0.4 is 10.3 Å². The van der Waals surface area contributed by atoms with E-state index in [1.807, 2.05) is 12.1 Å². The standard InChI is InChI=1S/C21H27N3O2/c1-26-17-9-5-6-15(12-17)13-24-11-10-18-19(14-24)22-20(23-21(18)25)16-7-3-2-4-8-16/h5-6,9,12,16H,2-4,7-8,10-11,13-14H2,1H3,(H,22,23,25). The monoisotopic (exact) mass is 353 g/mol. The van der Waals surface area contributed by atoms with E-state index in [9.17, 15) is 4.79 Å². The Morgan fingerprint density at radius 1 is 1.27 bits per heavy atom. The van der Waals surface area contributed by atoms with Crippen molar-refractivity contribution in [3.05, 3.63) is 57.3 Å². The third-order valence-corrected chi connectivity index (χ3v) is 5.70. The smallest absolute Gasteiger partial charge is 0.254 e. The van der Waals surface area contributed by atoms with Crippen LogP contribution in [0.3, 0.4) is 0 Å². The maximum absolute atomic E-state index is 12.5. The number of hydrogen-bond acceptors (Lipinski definition) is 4. The van der Waals surface area contributed by atoms with Crippen LogP contribution in [0.15, 0.2) is 29.1 Å². The summed E-state index contributed by atoms with van der Waals surface area (Å²) < 4.78 is 5.32. The molecule has 138 valence electrons. The van der Waals surface area contributed by atoms with Crippen LogP contribution in [0.5, 0.6) is 5.75 Å². The van der Waals surface area contributed by atoms with Gasteiger partial charge >= 0.3 is 0 Å². The summed E-state index contributed by atoms with van der Waals surface area (Å²) in [4.78, 5) is 22.9. The first-order valence-corrected chi connectivity index (χ1v) is 9.70. The van der Waals surface area contributed by atoms with E-state index in [4.69, 9.17) is 9.72 Å². The molecule has 0 saturated heterocycles. The Morgan fingerprint density at radius 3 is 2.92 bits per heavy atom. The van der Waals surface area contributed by atoms with E-state index >= 15 is 0 Å². The lowest BCUT2D eigenvalue weighted by molar-refractivity contribution is 0.239. The van der Waals surface area contributed by atoms with Gasteiger partial charge in [-0.15, -0.1) is 0 Å². The average Bonchev–Trinajstić information content (AvgIpc) is 2.68. The highest BCUT2D eigenvalue weighted by atomic mass is 16.5. The van der Waals surface area contributed by atoms with E-state index in [-0.39, 0.29) is 5.56 Å². The molecule has 1 aromatic carbocycles. The van der Waals surface area contributed by atoms with Crippen molar-refractivity contribution in [3.63, 3.8) is 0 Å². The highest BCUT2D eigenvalue weighted by Gasteiger charge is 2.24. The fourth-order valence-corrected chi connectivity index (χ4v) is 4.25. The lowest BCUT2D eigenvalue weighted by Crippen LogP contribution is -2.35. The molecule has 1 aliphatic heterocycles. The number of rotatable bonds is 4. The number of ether oxygens (including phenoxy) is 1. The fraction of sp³-hybridized carbons (Fsp3) is 0.524. The van der Waals surface area contributed by atoms with Crippen LogP contribution in [0, 0.1) is 0 Å². The molecule has 2 heterocycles. The van der Waals surface area contributed by atoms with Crippen LogP contribution >= 0.6 is 0 Å². The topological polar surface area (TPSA) is 58.2 Å². The van der Waals surface area contributed by atoms with Crippen molar-refractivity contribution in [2.24, 2.45) is 0 Å². The van der Waals surface area contributed by atoms with E-state index in [2.05, 4.69) is 22.0 Å². The predicted molar refractivity (Wildman–Crippen MR) is 101 cm³/mol. The Bertz CT molecular complexity index is 824. The second-order valence-electron chi connectivity index (χ2n) is 7.52. The van der Waals surface area contributed by atoms with Gasteiger partial charge in [-0.2, -0.15) is 0 Å². The SMILES string of the molecule is COc1cccc(CN2CCc3c(nc(C4CCCCC4)[nH]c3=O)C2)c1. The minimum atomic E-state index is 0.0802. The van der Waals surface area contributed by atoms with Crippen LogP contribution in [0.2, 0.25) is 0 Å². The molecule has 1 fully saturated rings. The first-order chi connectivity index (χ1) is 12.7. The first-order valence-electron chi connectivity index (χ1n) is 9.70. The molecule has 0 radical (unpaired) electrons. The zero-order chi connectivity index (χ0) is 17.9. The van der Waals surface area contributed by atoms with Gasteiger partial charge in [0.05, 0.1) is 12.8 Å². The summed E-state index contributed by atoms with van der Waals surface area (Å²) in [6.07, 6.45) is 6.86. The van der Waals surface area contributed by atoms with Gasteiger partial charge in [-0.1, -0.05) is 31.4 Å². The van der Waals surface area contributed by atoms with E-state index < -0.39 is 0 Å². The van der Waals surface area contributed by atoms with Gasteiger partial charge in [0.2, 0.25) is 0 Å². The molecule has 5 nitrogen and oxygen atoms in total. The zero-order valence-electron chi connectivity index (χ0n) is 15.5. The summed E-state index contributed by atoms with van der Waals surface area (Å²) in [5, 5.41) is 0. The molecule has 1 aromatic heterocycles. The van der Waals surface area contributed by atoms with Crippen molar-refractivity contribution in [2.45, 2.75) is 57.5 Å². The first kappa shape index (κ1) is 17.3. The average molecular weight is 353 g/mol. The van der Waals surface area contributed by atoms with Gasteiger partial charge in [-0.25, -0.2) is 4.98 Å². The highest BCUT2D eigenvalue weighted by molar-refractivity contribution is 5.29. The predicted octanol–water partition coefficient (Wildman–Crippen LogP) is 3.38. The van der Waals surface area contributed by atoms with Crippen LogP contribution in [0.25, 0.3) is 0 Å². The minimum Gasteiger partial charge on any atom is -0.497 e. The number of fused-ring (bicyclic) bond motifs is 1. The van der Waals surface area contributed by atoms with E-state index in [0.29, 0.717) is 5.92 Å². The Labute approximate surface area is 154 Å². The van der Waals surface area contributed by atoms with Crippen molar-refractivity contribution in [2.75, 3.05) is 13.7 Å². The van der Waals surface area contributed by atoms with E-state index in [1.165, 1.54) is 24.8 Å². The quantitative estimate of drug-likeness (QED) is 0.915. The number of hydrogen-bond donors (Lipinski definition) is 1. The molecule has 0 bridgehead atoms. The van der Waals surface area contributed by atoms with Gasteiger partial charge in [-0.3, -0.25) is 9.69 Å². The molecular weight excluding hydrogens is 326 g/mol. The molecule has 0 spiro atoms. The van der Waals surface area contributed by atoms with Gasteiger partial charge in [-0.05, 0) is 37.0 Å². The Balaban J connectivity index is 1.53. The molecule has 1 aliphatic carbocycles. The number of methoxy groups -OCH3 is 1. The maximum Gasteiger partial charge on any atom is 0.254 e. The maximum atomic E-state index is 12.5. The second kappa shape index (κ2) is 7.62. The van der Waals surface area contributed by atoms with Crippen LogP contribution in [-0.4, -0.2) is 28.5 Å². The Morgan fingerprint density at radius 2 is 2.12 bits per heavy atom. The number of H-pyrrole nitrogens is 1. The number of aromatic amines is 1. The number of benzene rings is 1. The summed E-state index contributed by atoms with van der Waals surface area (Å²) in [5.41, 5.74) is 3.16. The molecule has 2 aromatic rings. The summed E-state index contributed by atoms with van der Waals surface area (Å²) in [7, 11) is 1.69. The van der Waals surface area contributed by atoms with E-state index in [1.54, 1.807) is 7.11 Å². The van der Waals surface area contributed by atoms with Gasteiger partial charge in [0.1, 0.15) is 11.6 Å². The molecule has 5 heteroatoms. The van der Waals surface area contributed by atoms with Gasteiger partial charge in [0, 0.05) is 31.1 Å². The zero-order valence-corrected chi connectivity index (χ0v) is 15.5. The minimum absolute atomic E-state index is 0.0802. The molecule has 4 rings (SSSR count). The van der Waals surface area contributed by atoms with Crippen LogP contribution in [0.4, 0.5) is 0 Å². The van der Waals surface area contributed by atoms with Gasteiger partial charge in [0.25, 0.3) is 5.56 Å². The van der Waals surface area contributed by atoms with Crippen molar-refractivity contribution in [1.29, 1.82) is 0 Å². The second-order valence-corrected chi connectivity index (χ2v) is 7.52. The third kappa shape index (κ3) is 3.68. The van der Waals surface area contributed by atoms with E-state index in [0.717, 1.165) is 61.7 Å². The lowest BCUT2D eigenvalue weighted by atomic mass is 9.88. The summed E-state index contributed by atoms with van der Waals surface area (Å²) in [5.74, 6) is 2.22. The Kier molecular flexibility index (Phi) is 5.07. The van der Waals surface area contributed by atoms with Crippen molar-refractivity contribution >= 4 is 0 Å². The van der Waals surface area contributed by atoms with Gasteiger partial charge < -0.3 is 9.72 Å². The van der Waals surface area contributed by atoms with Crippen molar-refractivity contribution in [3.8, 4) is 5.75 Å². The summed E-state index contributed by atoms with van der Waals surface area (Å²) in [6, 6.07) is 8.19. The number of nitrogens with one attached hydrogen (secondary N) is 1. The number of aromatic nitrogens is 2. The molecule has 1 N–H and O–H groups in total. The number of nitrogens with zero attached hydrogens (tertiary/aromatic N) is 2. The molecular formula is C21H27N3O2.